The maximum Gasteiger partial charge on any atom is 0.160 e. The maximum absolute atomic E-state index is 5.91. The van der Waals surface area contributed by atoms with Gasteiger partial charge in [0.15, 0.2) is 5.75 Å². The third kappa shape index (κ3) is 1.58. The first kappa shape index (κ1) is 9.07. The highest BCUT2D eigenvalue weighted by Gasteiger charge is 2.18. The van der Waals surface area contributed by atoms with Gasteiger partial charge in [-0.1, -0.05) is 23.4 Å². The van der Waals surface area contributed by atoms with Crippen LogP contribution < -0.4 is 4.74 Å². The van der Waals surface area contributed by atoms with Crippen molar-refractivity contribution in [2.45, 2.75) is 9.92 Å². The molecule has 3 rings (SSSR count). The van der Waals surface area contributed by atoms with Gasteiger partial charge in [0.2, 0.25) is 0 Å². The third-order valence-corrected chi connectivity index (χ3v) is 3.34. The summed E-state index contributed by atoms with van der Waals surface area (Å²) in [6.07, 6.45) is 1.75. The van der Waals surface area contributed by atoms with Crippen molar-refractivity contribution in [2.24, 2.45) is 0 Å². The smallest absolute Gasteiger partial charge is 0.160 e. The predicted octanol–water partition coefficient (Wildman–Crippen LogP) is 3.99. The largest absolute Gasteiger partial charge is 0.453 e. The summed E-state index contributed by atoms with van der Waals surface area (Å²) < 4.78 is 5.69. The van der Waals surface area contributed by atoms with E-state index in [1.165, 1.54) is 0 Å². The standard InChI is InChI=1S/C11H6ClNOS/c12-7-3-4-8-10(6-7)15-11-9(14-8)2-1-5-13-11/h1-6H. The molecule has 2 aromatic rings. The van der Waals surface area contributed by atoms with Gasteiger partial charge in [0.05, 0.1) is 4.90 Å². The summed E-state index contributed by atoms with van der Waals surface area (Å²) in [6.45, 7) is 0. The first-order chi connectivity index (χ1) is 7.33. The Labute approximate surface area is 96.2 Å². The van der Waals surface area contributed by atoms with Crippen LogP contribution in [0.4, 0.5) is 0 Å². The fourth-order valence-electron chi connectivity index (χ4n) is 1.40. The Morgan fingerprint density at radius 3 is 3.07 bits per heavy atom. The van der Waals surface area contributed by atoms with Crippen molar-refractivity contribution in [1.82, 2.24) is 4.98 Å². The molecule has 1 aromatic heterocycles. The van der Waals surface area contributed by atoms with E-state index in [1.54, 1.807) is 18.0 Å². The van der Waals surface area contributed by atoms with E-state index in [9.17, 15) is 0 Å². The number of hydrogen-bond donors (Lipinski definition) is 0. The quantitative estimate of drug-likeness (QED) is 0.588. The van der Waals surface area contributed by atoms with Crippen LogP contribution >= 0.6 is 23.4 Å². The van der Waals surface area contributed by atoms with Crippen LogP contribution in [0.25, 0.3) is 0 Å². The highest BCUT2D eigenvalue weighted by atomic mass is 35.5. The van der Waals surface area contributed by atoms with Gasteiger partial charge in [0, 0.05) is 11.2 Å². The van der Waals surface area contributed by atoms with Gasteiger partial charge in [0.1, 0.15) is 10.8 Å². The van der Waals surface area contributed by atoms with Crippen molar-refractivity contribution in [3.8, 4) is 11.5 Å². The normalized spacial score (nSPS) is 12.6. The topological polar surface area (TPSA) is 22.1 Å². The van der Waals surface area contributed by atoms with Crippen molar-refractivity contribution in [3.63, 3.8) is 0 Å². The number of pyridine rings is 1. The molecule has 1 aliphatic heterocycles. The van der Waals surface area contributed by atoms with E-state index >= 15 is 0 Å². The second kappa shape index (κ2) is 3.43. The minimum Gasteiger partial charge on any atom is -0.453 e. The summed E-state index contributed by atoms with van der Waals surface area (Å²) >= 11 is 7.49. The molecule has 2 heterocycles. The molecular formula is C11H6ClNOS. The van der Waals surface area contributed by atoms with Crippen LogP contribution in [0.5, 0.6) is 11.5 Å². The maximum atomic E-state index is 5.91. The van der Waals surface area contributed by atoms with Crippen LogP contribution in [0.2, 0.25) is 5.02 Å². The highest BCUT2D eigenvalue weighted by Crippen LogP contribution is 2.46. The molecule has 0 saturated carbocycles. The molecule has 0 N–H and O–H groups in total. The molecule has 0 atom stereocenters. The van der Waals surface area contributed by atoms with Crippen molar-refractivity contribution in [1.29, 1.82) is 0 Å². The summed E-state index contributed by atoms with van der Waals surface area (Å²) in [4.78, 5) is 5.25. The Morgan fingerprint density at radius 2 is 2.13 bits per heavy atom. The SMILES string of the molecule is Clc1ccc2c(c1)Sc1ncccc1O2. The van der Waals surface area contributed by atoms with Gasteiger partial charge in [0.25, 0.3) is 0 Å². The zero-order chi connectivity index (χ0) is 10.3. The fraction of sp³-hybridized carbons (Fsp3) is 0. The first-order valence-electron chi connectivity index (χ1n) is 4.43. The van der Waals surface area contributed by atoms with Gasteiger partial charge in [-0.3, -0.25) is 0 Å². The van der Waals surface area contributed by atoms with Gasteiger partial charge in [-0.2, -0.15) is 0 Å². The third-order valence-electron chi connectivity index (χ3n) is 2.07. The number of aromatic nitrogens is 1. The van der Waals surface area contributed by atoms with E-state index < -0.39 is 0 Å². The number of rotatable bonds is 0. The first-order valence-corrected chi connectivity index (χ1v) is 5.63. The molecule has 0 unspecified atom stereocenters. The van der Waals surface area contributed by atoms with Crippen LogP contribution in [-0.4, -0.2) is 4.98 Å². The van der Waals surface area contributed by atoms with Crippen LogP contribution in [0.1, 0.15) is 0 Å². The second-order valence-electron chi connectivity index (χ2n) is 3.10. The Morgan fingerprint density at radius 1 is 1.20 bits per heavy atom. The molecule has 0 fully saturated rings. The predicted molar refractivity (Wildman–Crippen MR) is 59.9 cm³/mol. The van der Waals surface area contributed by atoms with Crippen LogP contribution in [0.15, 0.2) is 46.5 Å². The average Bonchev–Trinajstić information content (AvgIpc) is 2.26. The molecule has 15 heavy (non-hydrogen) atoms. The van der Waals surface area contributed by atoms with Gasteiger partial charge < -0.3 is 4.74 Å². The molecule has 0 radical (unpaired) electrons. The number of halogens is 1. The van der Waals surface area contributed by atoms with E-state index in [4.69, 9.17) is 16.3 Å². The van der Waals surface area contributed by atoms with E-state index in [0.717, 1.165) is 21.4 Å². The molecule has 1 aliphatic rings. The number of ether oxygens (including phenoxy) is 1. The van der Waals surface area contributed by atoms with Crippen molar-refractivity contribution < 1.29 is 4.74 Å². The zero-order valence-electron chi connectivity index (χ0n) is 7.61. The Hall–Kier alpha value is -1.19. The Balaban J connectivity index is 2.11. The summed E-state index contributed by atoms with van der Waals surface area (Å²) in [5.74, 6) is 1.64. The average molecular weight is 236 g/mol. The van der Waals surface area contributed by atoms with Crippen LogP contribution in [0.3, 0.4) is 0 Å². The molecule has 4 heteroatoms. The van der Waals surface area contributed by atoms with Crippen molar-refractivity contribution in [3.05, 3.63) is 41.6 Å². The van der Waals surface area contributed by atoms with E-state index in [-0.39, 0.29) is 0 Å². The molecule has 1 aromatic carbocycles. The summed E-state index contributed by atoms with van der Waals surface area (Å²) in [6, 6.07) is 9.36. The number of fused-ring (bicyclic) bond motifs is 2. The molecule has 74 valence electrons. The van der Waals surface area contributed by atoms with Gasteiger partial charge in [-0.05, 0) is 30.3 Å². The number of nitrogens with zero attached hydrogens (tertiary/aromatic N) is 1. The Kier molecular flexibility index (Phi) is 2.08. The molecular weight excluding hydrogens is 230 g/mol. The summed E-state index contributed by atoms with van der Waals surface area (Å²) in [5.41, 5.74) is 0. The van der Waals surface area contributed by atoms with E-state index in [0.29, 0.717) is 5.02 Å². The number of benzene rings is 1. The number of hydrogen-bond acceptors (Lipinski definition) is 3. The zero-order valence-corrected chi connectivity index (χ0v) is 9.18. The second-order valence-corrected chi connectivity index (χ2v) is 4.57. The minimum absolute atomic E-state index is 0.712. The molecule has 2 nitrogen and oxygen atoms in total. The lowest BCUT2D eigenvalue weighted by Crippen LogP contribution is -1.96. The van der Waals surface area contributed by atoms with Crippen molar-refractivity contribution in [2.75, 3.05) is 0 Å². The van der Waals surface area contributed by atoms with Crippen molar-refractivity contribution >= 4 is 23.4 Å². The Bertz CT molecular complexity index is 530. The molecule has 0 bridgehead atoms. The highest BCUT2D eigenvalue weighted by molar-refractivity contribution is 7.99. The van der Waals surface area contributed by atoms with Crippen LogP contribution in [-0.2, 0) is 0 Å². The van der Waals surface area contributed by atoms with Gasteiger partial charge in [-0.15, -0.1) is 0 Å². The minimum atomic E-state index is 0.712. The monoisotopic (exact) mass is 235 g/mol. The van der Waals surface area contributed by atoms with E-state index in [1.807, 2.05) is 30.3 Å². The lowest BCUT2D eigenvalue weighted by molar-refractivity contribution is 0.449. The lowest BCUT2D eigenvalue weighted by Gasteiger charge is -2.18. The molecule has 0 saturated heterocycles. The van der Waals surface area contributed by atoms with Gasteiger partial charge in [-0.25, -0.2) is 4.98 Å². The molecule has 0 aliphatic carbocycles. The van der Waals surface area contributed by atoms with Crippen LogP contribution in [0, 0.1) is 0 Å². The van der Waals surface area contributed by atoms with Gasteiger partial charge >= 0.3 is 0 Å². The summed E-state index contributed by atoms with van der Waals surface area (Å²) in [7, 11) is 0. The molecule has 0 amide bonds. The fourth-order valence-corrected chi connectivity index (χ4v) is 2.56. The summed E-state index contributed by atoms with van der Waals surface area (Å²) in [5, 5.41) is 1.59. The molecule has 0 spiro atoms. The lowest BCUT2D eigenvalue weighted by atomic mass is 10.3. The van der Waals surface area contributed by atoms with E-state index in [2.05, 4.69) is 4.98 Å².